The topological polar surface area (TPSA) is 424 Å². The van der Waals surface area contributed by atoms with Gasteiger partial charge in [0.2, 0.25) is 53.2 Å². The molecule has 25 nitrogen and oxygen atoms in total. The third-order valence-electron chi connectivity index (χ3n) is 8.49. The van der Waals surface area contributed by atoms with Crippen LogP contribution in [0.2, 0.25) is 0 Å². The van der Waals surface area contributed by atoms with Gasteiger partial charge in [0.15, 0.2) is 5.96 Å². The zero-order valence-electron chi connectivity index (χ0n) is 35.7. The number of hydrogen-bond acceptors (Lipinski definition) is 14. The number of thiol groups is 1. The molecule has 0 unspecified atom stereocenters. The number of hydrogen-bond donors (Lipinski definition) is 15. The Morgan fingerprint density at radius 1 is 0.581 bits per heavy atom. The standard InChI is InChI=1S/C36H65N13O12S/c1-17(2)11-22(30(55)43-13-27(52)42-14-28(53)44-21(8-9-26(38)51)32(57)48-24(15-50)35(60)61)46-33(58)23(12-18(3)4)47-31(56)20(7-6-10-41-36(39)40)45-34(59)25(16-62)49-29(54)19(5)37/h17-25,50,62H,6-16,37H2,1-5H3,(H2,38,51)(H,42,52)(H,43,55)(H,44,53)(H,45,59)(H,46,58)(H,47,56)(H,48,57)(H,49,54)(H,60,61)(H4,39,40,41)/t19-,20-,21-,22-,23-,24-,25-/m0/s1. The van der Waals surface area contributed by atoms with Crippen molar-refractivity contribution in [1.29, 1.82) is 0 Å². The van der Waals surface area contributed by atoms with Crippen LogP contribution >= 0.6 is 12.6 Å². The van der Waals surface area contributed by atoms with Crippen LogP contribution in [0.1, 0.15) is 73.1 Å². The summed E-state index contributed by atoms with van der Waals surface area (Å²) in [5, 5.41) is 37.5. The molecule has 0 aromatic carbocycles. The smallest absolute Gasteiger partial charge is 0.328 e. The van der Waals surface area contributed by atoms with Gasteiger partial charge in [-0.05, 0) is 50.9 Å². The Hall–Kier alpha value is -5.76. The number of amides is 9. The van der Waals surface area contributed by atoms with Crippen LogP contribution in [0.15, 0.2) is 4.99 Å². The number of aliphatic carboxylic acids is 1. The zero-order valence-corrected chi connectivity index (χ0v) is 36.5. The molecule has 0 saturated carbocycles. The molecule has 9 amide bonds. The van der Waals surface area contributed by atoms with Crippen LogP contribution in [0.4, 0.5) is 0 Å². The van der Waals surface area contributed by atoms with E-state index in [-0.39, 0.29) is 68.6 Å². The van der Waals surface area contributed by atoms with Crippen LogP contribution in [0, 0.1) is 11.8 Å². The molecule has 0 aromatic heterocycles. The molecule has 0 bridgehead atoms. The molecule has 0 radical (unpaired) electrons. The summed E-state index contributed by atoms with van der Waals surface area (Å²) >= 11 is 4.13. The van der Waals surface area contributed by atoms with Crippen molar-refractivity contribution in [2.24, 2.45) is 39.8 Å². The number of rotatable bonds is 30. The van der Waals surface area contributed by atoms with E-state index in [9.17, 15) is 53.1 Å². The predicted octanol–water partition coefficient (Wildman–Crippen LogP) is -6.11. The maximum Gasteiger partial charge on any atom is 0.328 e. The highest BCUT2D eigenvalue weighted by Crippen LogP contribution is 2.11. The van der Waals surface area contributed by atoms with Crippen LogP contribution in [0.5, 0.6) is 0 Å². The van der Waals surface area contributed by atoms with Crippen molar-refractivity contribution in [2.45, 2.75) is 115 Å². The van der Waals surface area contributed by atoms with Crippen LogP contribution < -0.4 is 65.5 Å². The normalized spacial score (nSPS) is 14.3. The van der Waals surface area contributed by atoms with E-state index in [0.717, 1.165) is 0 Å². The first-order valence-electron chi connectivity index (χ1n) is 19.8. The molecule has 18 N–H and O–H groups in total. The molecule has 0 aliphatic rings. The van der Waals surface area contributed by atoms with E-state index in [1.165, 1.54) is 6.92 Å². The van der Waals surface area contributed by atoms with E-state index in [0.29, 0.717) is 0 Å². The molecule has 62 heavy (non-hydrogen) atoms. The maximum absolute atomic E-state index is 13.7. The predicted molar refractivity (Wildman–Crippen MR) is 227 cm³/mol. The SMILES string of the molecule is CC(C)C[C@H](NC(=O)[C@H](CC(C)C)NC(=O)[C@H](CCCN=C(N)N)NC(=O)[C@H](CS)NC(=O)[C@H](C)N)C(=O)NCC(=O)NCC(=O)N[C@@H](CCC(N)=O)C(=O)N[C@@H](CO)C(=O)O. The van der Waals surface area contributed by atoms with Crippen molar-refractivity contribution < 1.29 is 58.2 Å². The number of carboxylic acid groups (broad SMARTS) is 1. The van der Waals surface area contributed by atoms with Crippen molar-refractivity contribution in [3.63, 3.8) is 0 Å². The second-order valence-corrected chi connectivity index (χ2v) is 15.5. The number of aliphatic imine (C=N–C) groups is 1. The molecule has 0 saturated heterocycles. The fraction of sp³-hybridized carbons (Fsp3) is 0.694. The van der Waals surface area contributed by atoms with Gasteiger partial charge in [-0.15, -0.1) is 0 Å². The quantitative estimate of drug-likeness (QED) is 0.0138. The Bertz CT molecular complexity index is 1590. The third-order valence-corrected chi connectivity index (χ3v) is 8.85. The second kappa shape index (κ2) is 29.5. The van der Waals surface area contributed by atoms with Crippen molar-refractivity contribution in [2.75, 3.05) is 32.0 Å². The summed E-state index contributed by atoms with van der Waals surface area (Å²) in [5.41, 5.74) is 21.5. The first-order chi connectivity index (χ1) is 28.9. The average molecular weight is 904 g/mol. The average Bonchev–Trinajstić information content (AvgIpc) is 3.18. The number of nitrogens with one attached hydrogen (secondary N) is 8. The molecule has 0 spiro atoms. The van der Waals surface area contributed by atoms with Gasteiger partial charge in [-0.2, -0.15) is 12.6 Å². The molecule has 0 fully saturated rings. The molecule has 352 valence electrons. The lowest BCUT2D eigenvalue weighted by Crippen LogP contribution is -2.59. The van der Waals surface area contributed by atoms with Gasteiger partial charge in [0, 0.05) is 18.7 Å². The summed E-state index contributed by atoms with van der Waals surface area (Å²) in [7, 11) is 0. The molecule has 26 heteroatoms. The highest BCUT2D eigenvalue weighted by molar-refractivity contribution is 7.80. The number of carbonyl (C=O) groups is 10. The highest BCUT2D eigenvalue weighted by atomic mass is 32.1. The minimum atomic E-state index is -1.70. The van der Waals surface area contributed by atoms with Gasteiger partial charge in [-0.1, -0.05) is 27.7 Å². The number of carboxylic acids is 1. The lowest BCUT2D eigenvalue weighted by Gasteiger charge is -2.27. The largest absolute Gasteiger partial charge is 0.480 e. The first kappa shape index (κ1) is 56.2. The molecule has 7 atom stereocenters. The minimum absolute atomic E-state index is 0.00997. The Kier molecular flexibility index (Phi) is 26.7. The molecule has 0 aliphatic carbocycles. The van der Waals surface area contributed by atoms with Crippen molar-refractivity contribution >= 4 is 77.7 Å². The van der Waals surface area contributed by atoms with Gasteiger partial charge < -0.3 is 75.7 Å². The van der Waals surface area contributed by atoms with E-state index in [4.69, 9.17) is 28.0 Å². The maximum atomic E-state index is 13.7. The Morgan fingerprint density at radius 2 is 1.03 bits per heavy atom. The van der Waals surface area contributed by atoms with E-state index >= 15 is 0 Å². The number of aliphatic hydroxyl groups excluding tert-OH is 1. The van der Waals surface area contributed by atoms with Crippen LogP contribution in [0.25, 0.3) is 0 Å². The van der Waals surface area contributed by atoms with Gasteiger partial charge in [-0.3, -0.25) is 48.1 Å². The van der Waals surface area contributed by atoms with E-state index < -0.39 is 121 Å². The van der Waals surface area contributed by atoms with Crippen molar-refractivity contribution in [3.8, 4) is 0 Å². The van der Waals surface area contributed by atoms with Crippen molar-refractivity contribution in [3.05, 3.63) is 0 Å². The summed E-state index contributed by atoms with van der Waals surface area (Å²) in [5.74, 6) is -9.51. The molecular formula is C36H65N13O12S. The Morgan fingerprint density at radius 3 is 1.50 bits per heavy atom. The molecule has 0 aromatic rings. The summed E-state index contributed by atoms with van der Waals surface area (Å²) < 4.78 is 0. The molecular weight excluding hydrogens is 839 g/mol. The second-order valence-electron chi connectivity index (χ2n) is 15.1. The van der Waals surface area contributed by atoms with E-state index in [1.54, 1.807) is 27.7 Å². The van der Waals surface area contributed by atoms with E-state index in [1.807, 2.05) is 5.32 Å². The van der Waals surface area contributed by atoms with Gasteiger partial charge in [0.1, 0.15) is 36.3 Å². The summed E-state index contributed by atoms with van der Waals surface area (Å²) in [6, 6.07) is -8.91. The molecule has 0 heterocycles. The number of aliphatic hydroxyl groups is 1. The Labute approximate surface area is 365 Å². The fourth-order valence-electron chi connectivity index (χ4n) is 5.28. The van der Waals surface area contributed by atoms with Crippen LogP contribution in [0.3, 0.4) is 0 Å². The number of primary amides is 1. The first-order valence-corrected chi connectivity index (χ1v) is 20.4. The molecule has 0 rings (SSSR count). The van der Waals surface area contributed by atoms with Gasteiger partial charge >= 0.3 is 5.97 Å². The Balaban J connectivity index is 5.87. The van der Waals surface area contributed by atoms with Gasteiger partial charge in [0.25, 0.3) is 0 Å². The van der Waals surface area contributed by atoms with Gasteiger partial charge in [0.05, 0.1) is 25.7 Å². The van der Waals surface area contributed by atoms with Crippen molar-refractivity contribution in [1.82, 2.24) is 42.5 Å². The number of nitrogens with two attached hydrogens (primary N) is 4. The number of nitrogens with zero attached hydrogens (tertiary/aromatic N) is 1. The molecule has 0 aliphatic heterocycles. The fourth-order valence-corrected chi connectivity index (χ4v) is 5.54. The monoisotopic (exact) mass is 903 g/mol. The summed E-state index contributed by atoms with van der Waals surface area (Å²) in [4.78, 5) is 130. The van der Waals surface area contributed by atoms with Gasteiger partial charge in [-0.25, -0.2) is 4.79 Å². The lowest BCUT2D eigenvalue weighted by atomic mass is 9.99. The highest BCUT2D eigenvalue weighted by Gasteiger charge is 2.32. The number of guanidine groups is 1. The summed E-state index contributed by atoms with van der Waals surface area (Å²) in [6.07, 6.45) is -0.275. The van der Waals surface area contributed by atoms with Crippen LogP contribution in [-0.2, 0) is 47.9 Å². The zero-order chi connectivity index (χ0) is 47.7. The lowest BCUT2D eigenvalue weighted by molar-refractivity contribution is -0.143. The number of carbonyl (C=O) groups excluding carboxylic acids is 9. The third kappa shape index (κ3) is 23.9. The van der Waals surface area contributed by atoms with Crippen LogP contribution in [-0.4, -0.2) is 150 Å². The minimum Gasteiger partial charge on any atom is -0.480 e. The summed E-state index contributed by atoms with van der Waals surface area (Å²) in [6.45, 7) is 6.32. The van der Waals surface area contributed by atoms with E-state index in [2.05, 4.69) is 54.8 Å².